The van der Waals surface area contributed by atoms with E-state index in [1.807, 2.05) is 0 Å². The number of rotatable bonds is 3. The fourth-order valence-electron chi connectivity index (χ4n) is 3.34. The second kappa shape index (κ2) is 7.86. The van der Waals surface area contributed by atoms with Gasteiger partial charge in [0, 0.05) is 34.6 Å². The van der Waals surface area contributed by atoms with Crippen LogP contribution in [0.4, 0.5) is 0 Å². The van der Waals surface area contributed by atoms with Crippen molar-refractivity contribution in [3.63, 3.8) is 0 Å². The highest BCUT2D eigenvalue weighted by atomic mass is 35.5. The Morgan fingerprint density at radius 1 is 1.19 bits per heavy atom. The van der Waals surface area contributed by atoms with Crippen LogP contribution in [0.3, 0.4) is 0 Å². The van der Waals surface area contributed by atoms with Crippen LogP contribution < -0.4 is 14.2 Å². The number of nitrogens with zero attached hydrogens (tertiary/aromatic N) is 1. The summed E-state index contributed by atoms with van der Waals surface area (Å²) in [7, 11) is 0. The summed E-state index contributed by atoms with van der Waals surface area (Å²) in [6, 6.07) is 11.3. The molecule has 3 aromatic rings. The topological polar surface area (TPSA) is 84.0 Å². The monoisotopic (exact) mass is 435 g/mol. The standard InChI is InChI=1S/C23H14ClNO6/c24-16-6-14(22-15(7-16)11-28-12-29-22)8-20-21(26)18-4-3-17(9-19(18)31-20)30-23(27)13-2-1-5-25-10-13/h1-10H,11-12H2/b20-8-. The molecule has 0 fully saturated rings. The minimum Gasteiger partial charge on any atom is -0.467 e. The molecule has 0 spiro atoms. The lowest BCUT2D eigenvalue weighted by molar-refractivity contribution is -0.0165. The molecule has 0 amide bonds. The van der Waals surface area contributed by atoms with Gasteiger partial charge in [-0.05, 0) is 42.5 Å². The third-order valence-electron chi connectivity index (χ3n) is 4.74. The van der Waals surface area contributed by atoms with Gasteiger partial charge in [0.15, 0.2) is 12.6 Å². The number of carbonyl (C=O) groups excluding carboxylic acids is 2. The highest BCUT2D eigenvalue weighted by Gasteiger charge is 2.29. The normalized spacial score (nSPS) is 15.6. The number of pyridine rings is 1. The molecule has 0 saturated carbocycles. The number of carbonyl (C=O) groups is 2. The van der Waals surface area contributed by atoms with Crippen LogP contribution in [0.5, 0.6) is 17.2 Å². The highest BCUT2D eigenvalue weighted by molar-refractivity contribution is 6.31. The van der Waals surface area contributed by atoms with E-state index in [0.717, 1.165) is 5.56 Å². The minimum absolute atomic E-state index is 0.116. The largest absolute Gasteiger partial charge is 0.467 e. The van der Waals surface area contributed by atoms with Gasteiger partial charge in [-0.3, -0.25) is 9.78 Å². The number of ketones is 1. The summed E-state index contributed by atoms with van der Waals surface area (Å²) in [6.45, 7) is 0.484. The summed E-state index contributed by atoms with van der Waals surface area (Å²) in [5.41, 5.74) is 2.09. The van der Waals surface area contributed by atoms with Crippen molar-refractivity contribution >= 4 is 29.4 Å². The summed E-state index contributed by atoms with van der Waals surface area (Å²) >= 11 is 6.19. The molecular formula is C23H14ClNO6. The van der Waals surface area contributed by atoms with Crippen LogP contribution in [0.25, 0.3) is 6.08 Å². The predicted octanol–water partition coefficient (Wildman–Crippen LogP) is 4.44. The van der Waals surface area contributed by atoms with Crippen molar-refractivity contribution in [2.45, 2.75) is 6.61 Å². The Hall–Kier alpha value is -3.68. The van der Waals surface area contributed by atoms with Gasteiger partial charge in [-0.25, -0.2) is 4.79 Å². The minimum atomic E-state index is -0.557. The first-order valence-electron chi connectivity index (χ1n) is 9.32. The lowest BCUT2D eigenvalue weighted by Crippen LogP contribution is -2.12. The quantitative estimate of drug-likeness (QED) is 0.341. The SMILES string of the molecule is O=C(Oc1ccc2c(c1)O/C(=C\c1cc(Cl)cc3c1OCOC3)C2=O)c1cccnc1. The molecule has 2 aliphatic heterocycles. The third-order valence-corrected chi connectivity index (χ3v) is 4.96. The van der Waals surface area contributed by atoms with Crippen molar-refractivity contribution in [1.29, 1.82) is 0 Å². The van der Waals surface area contributed by atoms with Gasteiger partial charge in [-0.15, -0.1) is 0 Å². The average Bonchev–Trinajstić information content (AvgIpc) is 3.09. The molecule has 154 valence electrons. The predicted molar refractivity (Wildman–Crippen MR) is 110 cm³/mol. The number of allylic oxidation sites excluding steroid dienone is 1. The maximum absolute atomic E-state index is 12.8. The van der Waals surface area contributed by atoms with E-state index in [1.165, 1.54) is 12.3 Å². The summed E-state index contributed by atoms with van der Waals surface area (Å²) < 4.78 is 22.0. The van der Waals surface area contributed by atoms with Gasteiger partial charge in [0.1, 0.15) is 17.2 Å². The molecule has 1 aromatic heterocycles. The van der Waals surface area contributed by atoms with E-state index in [2.05, 4.69) is 4.98 Å². The van der Waals surface area contributed by atoms with Crippen molar-refractivity contribution in [1.82, 2.24) is 4.98 Å². The van der Waals surface area contributed by atoms with E-state index in [4.69, 9.17) is 30.5 Å². The van der Waals surface area contributed by atoms with E-state index in [9.17, 15) is 9.59 Å². The van der Waals surface area contributed by atoms with E-state index >= 15 is 0 Å². The summed E-state index contributed by atoms with van der Waals surface area (Å²) in [5.74, 6) is 0.418. The number of fused-ring (bicyclic) bond motifs is 2. The first-order chi connectivity index (χ1) is 15.1. The van der Waals surface area contributed by atoms with E-state index < -0.39 is 5.97 Å². The number of ether oxygens (including phenoxy) is 4. The molecule has 0 atom stereocenters. The number of halogens is 1. The van der Waals surface area contributed by atoms with Gasteiger partial charge >= 0.3 is 5.97 Å². The summed E-state index contributed by atoms with van der Waals surface area (Å²) in [4.78, 5) is 28.9. The molecule has 3 heterocycles. The van der Waals surface area contributed by atoms with Crippen LogP contribution in [0, 0.1) is 0 Å². The number of hydrogen-bond donors (Lipinski definition) is 0. The molecule has 2 aliphatic rings. The van der Waals surface area contributed by atoms with Crippen LogP contribution in [-0.4, -0.2) is 23.5 Å². The second-order valence-corrected chi connectivity index (χ2v) is 7.26. The van der Waals surface area contributed by atoms with Crippen LogP contribution in [0.1, 0.15) is 31.8 Å². The fraction of sp³-hybridized carbons (Fsp3) is 0.0870. The van der Waals surface area contributed by atoms with Gasteiger partial charge in [0.25, 0.3) is 0 Å². The van der Waals surface area contributed by atoms with Crippen LogP contribution >= 0.6 is 11.6 Å². The maximum Gasteiger partial charge on any atom is 0.345 e. The first kappa shape index (κ1) is 19.3. The van der Waals surface area contributed by atoms with Crippen LogP contribution in [-0.2, 0) is 11.3 Å². The van der Waals surface area contributed by atoms with Crippen LogP contribution in [0.15, 0.2) is 60.6 Å². The molecular weight excluding hydrogens is 422 g/mol. The molecule has 31 heavy (non-hydrogen) atoms. The summed E-state index contributed by atoms with van der Waals surface area (Å²) in [6.07, 6.45) is 4.56. The Labute approximate surface area is 181 Å². The number of aromatic nitrogens is 1. The molecule has 8 heteroatoms. The molecule has 7 nitrogen and oxygen atoms in total. The Bertz CT molecular complexity index is 1240. The first-order valence-corrected chi connectivity index (χ1v) is 9.70. The Balaban J connectivity index is 1.42. The van der Waals surface area contributed by atoms with Crippen molar-refractivity contribution in [2.75, 3.05) is 6.79 Å². The smallest absolute Gasteiger partial charge is 0.345 e. The highest BCUT2D eigenvalue weighted by Crippen LogP contribution is 2.38. The molecule has 0 saturated heterocycles. The number of Topliss-reactive ketones (excluding diaryl/α,β-unsaturated/α-hetero) is 1. The zero-order chi connectivity index (χ0) is 21.4. The van der Waals surface area contributed by atoms with Gasteiger partial charge in [0.05, 0.1) is 17.7 Å². The van der Waals surface area contributed by atoms with Gasteiger partial charge in [-0.2, -0.15) is 0 Å². The van der Waals surface area contributed by atoms with E-state index in [-0.39, 0.29) is 24.1 Å². The van der Waals surface area contributed by atoms with Gasteiger partial charge in [0.2, 0.25) is 5.78 Å². The second-order valence-electron chi connectivity index (χ2n) is 6.82. The fourth-order valence-corrected chi connectivity index (χ4v) is 3.59. The lowest BCUT2D eigenvalue weighted by atomic mass is 10.1. The molecule has 0 aliphatic carbocycles. The third kappa shape index (κ3) is 3.76. The number of hydrogen-bond acceptors (Lipinski definition) is 7. The summed E-state index contributed by atoms with van der Waals surface area (Å²) in [5, 5.41) is 0.493. The molecule has 5 rings (SSSR count). The Kier molecular flexibility index (Phi) is 4.89. The Morgan fingerprint density at radius 3 is 2.94 bits per heavy atom. The zero-order valence-electron chi connectivity index (χ0n) is 16.0. The van der Waals surface area contributed by atoms with E-state index in [1.54, 1.807) is 48.7 Å². The van der Waals surface area contributed by atoms with E-state index in [0.29, 0.717) is 39.8 Å². The number of esters is 1. The van der Waals surface area contributed by atoms with Gasteiger partial charge < -0.3 is 18.9 Å². The lowest BCUT2D eigenvalue weighted by Gasteiger charge is -2.20. The molecule has 2 aromatic carbocycles. The van der Waals surface area contributed by atoms with Crippen molar-refractivity contribution in [3.05, 3.63) is 87.9 Å². The molecule has 0 bridgehead atoms. The van der Waals surface area contributed by atoms with Crippen molar-refractivity contribution in [3.8, 4) is 17.2 Å². The molecule has 0 N–H and O–H groups in total. The molecule has 0 unspecified atom stereocenters. The zero-order valence-corrected chi connectivity index (χ0v) is 16.7. The maximum atomic E-state index is 12.8. The van der Waals surface area contributed by atoms with Crippen molar-refractivity contribution in [2.24, 2.45) is 0 Å². The van der Waals surface area contributed by atoms with Crippen molar-refractivity contribution < 1.29 is 28.5 Å². The number of benzene rings is 2. The Morgan fingerprint density at radius 2 is 2.10 bits per heavy atom. The average molecular weight is 436 g/mol. The molecule has 0 radical (unpaired) electrons. The van der Waals surface area contributed by atoms with Gasteiger partial charge in [-0.1, -0.05) is 11.6 Å². The van der Waals surface area contributed by atoms with Crippen LogP contribution in [0.2, 0.25) is 5.02 Å².